The molecule has 0 atom stereocenters. The Morgan fingerprint density at radius 1 is 1.53 bits per heavy atom. The zero-order valence-electron chi connectivity index (χ0n) is 7.94. The number of carbonyl (C=O) groups is 1. The number of nitriles is 1. The van der Waals surface area contributed by atoms with Crippen molar-refractivity contribution in [3.63, 3.8) is 0 Å². The average molecular weight is 201 g/mol. The smallest absolute Gasteiger partial charge is 0.341 e. The van der Waals surface area contributed by atoms with Gasteiger partial charge in [0.1, 0.15) is 11.3 Å². The van der Waals surface area contributed by atoms with Crippen molar-refractivity contribution < 1.29 is 14.6 Å². The maximum absolute atomic E-state index is 11.1. The van der Waals surface area contributed by atoms with E-state index in [4.69, 9.17) is 5.26 Å². The van der Waals surface area contributed by atoms with Gasteiger partial charge in [-0.3, -0.25) is 0 Å². The Balaban J connectivity index is 3.10. The highest BCUT2D eigenvalue weighted by molar-refractivity contribution is 5.92. The van der Waals surface area contributed by atoms with E-state index < -0.39 is 5.97 Å². The number of benzene rings is 1. The summed E-state index contributed by atoms with van der Waals surface area (Å²) in [6, 6.07) is 5.87. The molecule has 0 aromatic heterocycles. The minimum atomic E-state index is -0.618. The lowest BCUT2D eigenvalue weighted by Crippen LogP contribution is -2.01. The van der Waals surface area contributed by atoms with Gasteiger partial charge < -0.3 is 9.84 Å². The number of rotatable bonds is 1. The minimum absolute atomic E-state index is 0.0695. The first-order chi connectivity index (χ1) is 7.19. The predicted molar refractivity (Wildman–Crippen MR) is 51.9 cm³/mol. The number of hydrogen-bond acceptors (Lipinski definition) is 4. The Labute approximate surface area is 86.7 Å². The van der Waals surface area contributed by atoms with Crippen LogP contribution in [0.4, 0.5) is 0 Å². The molecule has 0 aliphatic carbocycles. The van der Waals surface area contributed by atoms with Gasteiger partial charge in [-0.1, -0.05) is 5.92 Å². The lowest BCUT2D eigenvalue weighted by Gasteiger charge is -2.01. The minimum Gasteiger partial charge on any atom is -0.507 e. The molecule has 0 heterocycles. The van der Waals surface area contributed by atoms with E-state index in [1.807, 2.05) is 0 Å². The molecule has 0 saturated heterocycles. The third-order valence-corrected chi connectivity index (χ3v) is 1.67. The lowest BCUT2D eigenvalue weighted by atomic mass is 10.1. The van der Waals surface area contributed by atoms with Crippen molar-refractivity contribution in [1.29, 1.82) is 5.26 Å². The van der Waals surface area contributed by atoms with Crippen LogP contribution in [0.25, 0.3) is 0 Å². The number of aromatic hydroxyl groups is 1. The molecule has 0 spiro atoms. The highest BCUT2D eigenvalue weighted by Crippen LogP contribution is 2.18. The molecule has 0 aliphatic heterocycles. The van der Waals surface area contributed by atoms with E-state index in [2.05, 4.69) is 16.6 Å². The van der Waals surface area contributed by atoms with Crippen LogP contribution in [0.3, 0.4) is 0 Å². The molecule has 0 fully saturated rings. The number of methoxy groups -OCH3 is 1. The van der Waals surface area contributed by atoms with E-state index in [-0.39, 0.29) is 11.3 Å². The molecule has 0 bridgehead atoms. The van der Waals surface area contributed by atoms with Crippen LogP contribution in [0.1, 0.15) is 15.9 Å². The van der Waals surface area contributed by atoms with Crippen molar-refractivity contribution in [2.75, 3.05) is 7.11 Å². The largest absolute Gasteiger partial charge is 0.507 e. The number of carbonyl (C=O) groups excluding carboxylic acids is 1. The second-order valence-electron chi connectivity index (χ2n) is 2.59. The summed E-state index contributed by atoms with van der Waals surface area (Å²) in [5.41, 5.74) is 0.529. The monoisotopic (exact) mass is 201 g/mol. The Bertz CT molecular complexity index is 489. The van der Waals surface area contributed by atoms with Gasteiger partial charge >= 0.3 is 5.97 Å². The molecular formula is C11H7NO3. The zero-order chi connectivity index (χ0) is 11.3. The topological polar surface area (TPSA) is 70.3 Å². The van der Waals surface area contributed by atoms with Gasteiger partial charge in [-0.25, -0.2) is 4.79 Å². The number of phenolic OH excluding ortho intramolecular Hbond substituents is 1. The molecule has 1 aromatic rings. The summed E-state index contributed by atoms with van der Waals surface area (Å²) in [5.74, 6) is 3.84. The van der Waals surface area contributed by atoms with Crippen molar-refractivity contribution in [3.05, 3.63) is 29.3 Å². The van der Waals surface area contributed by atoms with Gasteiger partial charge in [0, 0.05) is 11.5 Å². The SMILES string of the molecule is COC(=O)c1ccc(C#CC#N)cc1O. The molecule has 0 amide bonds. The van der Waals surface area contributed by atoms with Crippen LogP contribution in [0.15, 0.2) is 18.2 Å². The maximum atomic E-state index is 11.1. The van der Waals surface area contributed by atoms with E-state index in [1.54, 1.807) is 6.07 Å². The number of ether oxygens (including phenoxy) is 1. The summed E-state index contributed by atoms with van der Waals surface area (Å²) in [5, 5.41) is 17.7. The summed E-state index contributed by atoms with van der Waals surface area (Å²) in [4.78, 5) is 11.1. The first-order valence-electron chi connectivity index (χ1n) is 4.00. The summed E-state index contributed by atoms with van der Waals surface area (Å²) in [6.45, 7) is 0. The normalized spacial score (nSPS) is 8.27. The van der Waals surface area contributed by atoms with Crippen LogP contribution in [-0.4, -0.2) is 18.2 Å². The molecular weight excluding hydrogens is 194 g/mol. The molecule has 4 heteroatoms. The fourth-order valence-corrected chi connectivity index (χ4v) is 0.992. The summed E-state index contributed by atoms with van der Waals surface area (Å²) < 4.78 is 4.45. The van der Waals surface area contributed by atoms with Crippen LogP contribution in [-0.2, 0) is 4.74 Å². The van der Waals surface area contributed by atoms with Gasteiger partial charge in [0.05, 0.1) is 7.11 Å². The van der Waals surface area contributed by atoms with Gasteiger partial charge in [-0.05, 0) is 18.2 Å². The number of nitrogens with zero attached hydrogens (tertiary/aromatic N) is 1. The number of phenols is 1. The predicted octanol–water partition coefficient (Wildman–Crippen LogP) is 1.05. The van der Waals surface area contributed by atoms with Crippen LogP contribution < -0.4 is 0 Å². The van der Waals surface area contributed by atoms with Crippen LogP contribution in [0, 0.1) is 23.2 Å². The summed E-state index contributed by atoms with van der Waals surface area (Å²) in [6.07, 6.45) is 0. The number of esters is 1. The van der Waals surface area contributed by atoms with Crippen LogP contribution in [0.2, 0.25) is 0 Å². The second-order valence-corrected chi connectivity index (χ2v) is 2.59. The summed E-state index contributed by atoms with van der Waals surface area (Å²) in [7, 11) is 1.23. The first kappa shape index (κ1) is 10.6. The molecule has 4 nitrogen and oxygen atoms in total. The van der Waals surface area contributed by atoms with E-state index in [0.29, 0.717) is 5.56 Å². The van der Waals surface area contributed by atoms with Gasteiger partial charge in [0.2, 0.25) is 0 Å². The van der Waals surface area contributed by atoms with Gasteiger partial charge in [0.25, 0.3) is 0 Å². The van der Waals surface area contributed by atoms with Crippen LogP contribution in [0.5, 0.6) is 5.75 Å². The third kappa shape index (κ3) is 2.49. The Morgan fingerprint density at radius 2 is 2.27 bits per heavy atom. The van der Waals surface area contributed by atoms with Gasteiger partial charge in [-0.15, -0.1) is 0 Å². The fraction of sp³-hybridized carbons (Fsp3) is 0.0909. The Morgan fingerprint density at radius 3 is 2.80 bits per heavy atom. The van der Waals surface area contributed by atoms with E-state index in [1.165, 1.54) is 25.3 Å². The molecule has 0 aliphatic rings. The second kappa shape index (κ2) is 4.69. The lowest BCUT2D eigenvalue weighted by molar-refractivity contribution is 0.0597. The summed E-state index contributed by atoms with van der Waals surface area (Å²) >= 11 is 0. The Hall–Kier alpha value is -2.46. The molecule has 1 rings (SSSR count). The average Bonchev–Trinajstić information content (AvgIpc) is 2.25. The zero-order valence-corrected chi connectivity index (χ0v) is 7.94. The molecule has 74 valence electrons. The van der Waals surface area contributed by atoms with E-state index in [0.717, 1.165) is 0 Å². The fourth-order valence-electron chi connectivity index (χ4n) is 0.992. The van der Waals surface area contributed by atoms with Crippen molar-refractivity contribution in [2.24, 2.45) is 0 Å². The van der Waals surface area contributed by atoms with Gasteiger partial charge in [0.15, 0.2) is 6.07 Å². The highest BCUT2D eigenvalue weighted by atomic mass is 16.5. The van der Waals surface area contributed by atoms with Gasteiger partial charge in [-0.2, -0.15) is 5.26 Å². The molecule has 1 N–H and O–H groups in total. The van der Waals surface area contributed by atoms with Crippen LogP contribution >= 0.6 is 0 Å². The Kier molecular flexibility index (Phi) is 3.32. The van der Waals surface area contributed by atoms with E-state index in [9.17, 15) is 9.90 Å². The van der Waals surface area contributed by atoms with Crippen molar-refractivity contribution in [1.82, 2.24) is 0 Å². The number of hydrogen-bond donors (Lipinski definition) is 1. The molecule has 15 heavy (non-hydrogen) atoms. The standard InChI is InChI=1S/C11H7NO3/c1-15-11(14)9-5-4-8(3-2-6-12)7-10(9)13/h4-5,7,13H,1H3. The first-order valence-corrected chi connectivity index (χ1v) is 4.00. The highest BCUT2D eigenvalue weighted by Gasteiger charge is 2.10. The molecule has 0 unspecified atom stereocenters. The maximum Gasteiger partial charge on any atom is 0.341 e. The van der Waals surface area contributed by atoms with Crippen molar-refractivity contribution in [2.45, 2.75) is 0 Å². The van der Waals surface area contributed by atoms with E-state index >= 15 is 0 Å². The molecule has 0 radical (unpaired) electrons. The quantitative estimate of drug-likeness (QED) is 0.544. The third-order valence-electron chi connectivity index (χ3n) is 1.67. The molecule has 1 aromatic carbocycles. The van der Waals surface area contributed by atoms with Crippen molar-refractivity contribution in [3.8, 4) is 23.7 Å². The molecule has 0 saturated carbocycles. The van der Waals surface area contributed by atoms with Crippen molar-refractivity contribution >= 4 is 5.97 Å².